The van der Waals surface area contributed by atoms with Crippen molar-refractivity contribution in [2.45, 2.75) is 13.8 Å². The molecular weight excluding hydrogens is 166 g/mol. The Morgan fingerprint density at radius 3 is 2.54 bits per heavy atom. The summed E-state index contributed by atoms with van der Waals surface area (Å²) < 4.78 is 5.23. The van der Waals surface area contributed by atoms with E-state index in [2.05, 4.69) is 4.90 Å². The molecule has 3 nitrogen and oxygen atoms in total. The van der Waals surface area contributed by atoms with E-state index in [1.165, 1.54) is 0 Å². The first kappa shape index (κ1) is 10.4. The maximum Gasteiger partial charge on any atom is 0.152 e. The topological polar surface area (TPSA) is 29.5 Å². The zero-order valence-corrected chi connectivity index (χ0v) is 8.38. The van der Waals surface area contributed by atoms with Gasteiger partial charge in [-0.25, -0.2) is 0 Å². The lowest BCUT2D eigenvalue weighted by Crippen LogP contribution is -2.37. The lowest BCUT2D eigenvalue weighted by Gasteiger charge is -2.26. The Morgan fingerprint density at radius 2 is 2.00 bits per heavy atom. The van der Waals surface area contributed by atoms with Gasteiger partial charge in [0.05, 0.1) is 13.2 Å². The first-order valence-electron chi connectivity index (χ1n) is 4.66. The first-order valence-corrected chi connectivity index (χ1v) is 4.66. The highest BCUT2D eigenvalue weighted by atomic mass is 16.5. The molecule has 1 aliphatic heterocycles. The lowest BCUT2D eigenvalue weighted by atomic mass is 10.2. The van der Waals surface area contributed by atoms with Gasteiger partial charge in [0.15, 0.2) is 5.78 Å². The molecule has 0 aromatic rings. The van der Waals surface area contributed by atoms with E-state index in [0.29, 0.717) is 0 Å². The third-order valence-electron chi connectivity index (χ3n) is 2.03. The predicted molar refractivity (Wildman–Crippen MR) is 51.7 cm³/mol. The van der Waals surface area contributed by atoms with Crippen LogP contribution < -0.4 is 0 Å². The molecule has 1 heterocycles. The molecule has 3 heteroatoms. The summed E-state index contributed by atoms with van der Waals surface area (Å²) in [6, 6.07) is 0. The fraction of sp³-hybridized carbons (Fsp3) is 0.700. The van der Waals surface area contributed by atoms with Crippen LogP contribution in [0, 0.1) is 0 Å². The van der Waals surface area contributed by atoms with Gasteiger partial charge in [0.2, 0.25) is 0 Å². The van der Waals surface area contributed by atoms with Crippen LogP contribution in [0.4, 0.5) is 0 Å². The molecule has 1 fully saturated rings. The van der Waals surface area contributed by atoms with Crippen LogP contribution in [0.5, 0.6) is 0 Å². The molecule has 0 aromatic carbocycles. The van der Waals surface area contributed by atoms with Crippen LogP contribution in [-0.2, 0) is 9.53 Å². The molecule has 0 spiro atoms. The van der Waals surface area contributed by atoms with Crippen molar-refractivity contribution in [2.75, 3.05) is 32.8 Å². The monoisotopic (exact) mass is 183 g/mol. The van der Waals surface area contributed by atoms with E-state index >= 15 is 0 Å². The third-order valence-corrected chi connectivity index (χ3v) is 2.03. The van der Waals surface area contributed by atoms with E-state index in [1.807, 2.05) is 6.92 Å². The molecule has 0 bridgehead atoms. The molecular formula is C10H17NO2. The summed E-state index contributed by atoms with van der Waals surface area (Å²) in [4.78, 5) is 13.1. The molecule has 0 saturated carbocycles. The van der Waals surface area contributed by atoms with Gasteiger partial charge in [-0.2, -0.15) is 0 Å². The normalized spacial score (nSPS) is 20.3. The summed E-state index contributed by atoms with van der Waals surface area (Å²) in [7, 11) is 0. The van der Waals surface area contributed by atoms with Crippen molar-refractivity contribution < 1.29 is 9.53 Å². The largest absolute Gasteiger partial charge is 0.379 e. The van der Waals surface area contributed by atoms with Gasteiger partial charge in [-0.3, -0.25) is 9.69 Å². The second-order valence-electron chi connectivity index (χ2n) is 3.49. The number of ether oxygens (including phenoxy) is 1. The van der Waals surface area contributed by atoms with Crippen LogP contribution in [0.3, 0.4) is 0 Å². The minimum absolute atomic E-state index is 0.130. The number of hydrogen-bond acceptors (Lipinski definition) is 3. The van der Waals surface area contributed by atoms with Gasteiger partial charge in [-0.1, -0.05) is 5.57 Å². The highest BCUT2D eigenvalue weighted by Crippen LogP contribution is 2.02. The maximum absolute atomic E-state index is 10.8. The van der Waals surface area contributed by atoms with Crippen LogP contribution in [-0.4, -0.2) is 43.5 Å². The van der Waals surface area contributed by atoms with Crippen LogP contribution in [0.1, 0.15) is 13.8 Å². The van der Waals surface area contributed by atoms with E-state index in [4.69, 9.17) is 4.74 Å². The summed E-state index contributed by atoms with van der Waals surface area (Å²) in [5.41, 5.74) is 1.13. The fourth-order valence-corrected chi connectivity index (χ4v) is 1.50. The van der Waals surface area contributed by atoms with Crippen molar-refractivity contribution >= 4 is 5.78 Å². The average molecular weight is 183 g/mol. The van der Waals surface area contributed by atoms with Gasteiger partial charge in [-0.15, -0.1) is 0 Å². The Balaban J connectivity index is 2.33. The molecule has 0 radical (unpaired) electrons. The van der Waals surface area contributed by atoms with Crippen molar-refractivity contribution in [2.24, 2.45) is 0 Å². The molecule has 0 aromatic heterocycles. The number of carbonyl (C=O) groups excluding carboxylic acids is 1. The molecule has 74 valence electrons. The quantitative estimate of drug-likeness (QED) is 0.608. The van der Waals surface area contributed by atoms with Crippen molar-refractivity contribution in [3.8, 4) is 0 Å². The van der Waals surface area contributed by atoms with Crippen molar-refractivity contribution in [1.29, 1.82) is 0 Å². The van der Waals surface area contributed by atoms with Gasteiger partial charge in [-0.05, 0) is 19.9 Å². The van der Waals surface area contributed by atoms with E-state index in [1.54, 1.807) is 13.0 Å². The Bertz CT molecular complexity index is 205. The van der Waals surface area contributed by atoms with Crippen LogP contribution in [0.25, 0.3) is 0 Å². The minimum Gasteiger partial charge on any atom is -0.379 e. The van der Waals surface area contributed by atoms with Gasteiger partial charge in [0.1, 0.15) is 0 Å². The first-order chi connectivity index (χ1) is 6.18. The average Bonchev–Trinajstić information content (AvgIpc) is 2.04. The summed E-state index contributed by atoms with van der Waals surface area (Å²) in [5.74, 6) is 0.130. The second-order valence-corrected chi connectivity index (χ2v) is 3.49. The number of hydrogen-bond donors (Lipinski definition) is 0. The molecule has 1 aliphatic rings. The highest BCUT2D eigenvalue weighted by molar-refractivity contribution is 5.87. The van der Waals surface area contributed by atoms with Crippen molar-refractivity contribution in [1.82, 2.24) is 4.90 Å². The van der Waals surface area contributed by atoms with Crippen molar-refractivity contribution in [3.05, 3.63) is 11.6 Å². The molecule has 13 heavy (non-hydrogen) atoms. The molecule has 0 amide bonds. The Morgan fingerprint density at radius 1 is 1.38 bits per heavy atom. The SMILES string of the molecule is CC(=O)C=C(C)CN1CCOCC1. The van der Waals surface area contributed by atoms with Crippen LogP contribution in [0.15, 0.2) is 11.6 Å². The summed E-state index contributed by atoms with van der Waals surface area (Å²) in [6.45, 7) is 8.05. The Hall–Kier alpha value is -0.670. The Labute approximate surface area is 79.4 Å². The molecule has 1 saturated heterocycles. The number of carbonyl (C=O) groups is 1. The molecule has 0 unspecified atom stereocenters. The molecule has 0 N–H and O–H groups in total. The zero-order valence-electron chi connectivity index (χ0n) is 8.38. The molecule has 0 aliphatic carbocycles. The number of morpholine rings is 1. The van der Waals surface area contributed by atoms with E-state index < -0.39 is 0 Å². The van der Waals surface area contributed by atoms with Gasteiger partial charge in [0, 0.05) is 19.6 Å². The van der Waals surface area contributed by atoms with E-state index in [0.717, 1.165) is 38.4 Å². The van der Waals surface area contributed by atoms with Gasteiger partial charge in [0.25, 0.3) is 0 Å². The minimum atomic E-state index is 0.130. The van der Waals surface area contributed by atoms with Gasteiger partial charge >= 0.3 is 0 Å². The molecule has 1 rings (SSSR count). The molecule has 0 atom stereocenters. The smallest absolute Gasteiger partial charge is 0.152 e. The lowest BCUT2D eigenvalue weighted by molar-refractivity contribution is -0.112. The summed E-state index contributed by atoms with van der Waals surface area (Å²) in [5, 5.41) is 0. The fourth-order valence-electron chi connectivity index (χ4n) is 1.50. The number of ketones is 1. The standard InChI is InChI=1S/C10H17NO2/c1-9(7-10(2)12)8-11-3-5-13-6-4-11/h7H,3-6,8H2,1-2H3. The van der Waals surface area contributed by atoms with E-state index in [-0.39, 0.29) is 5.78 Å². The zero-order chi connectivity index (χ0) is 9.68. The Kier molecular flexibility index (Phi) is 4.12. The van der Waals surface area contributed by atoms with Gasteiger partial charge < -0.3 is 4.74 Å². The van der Waals surface area contributed by atoms with Crippen LogP contribution >= 0.6 is 0 Å². The maximum atomic E-state index is 10.8. The summed E-state index contributed by atoms with van der Waals surface area (Å²) >= 11 is 0. The van der Waals surface area contributed by atoms with E-state index in [9.17, 15) is 4.79 Å². The third kappa shape index (κ3) is 4.20. The number of rotatable bonds is 3. The van der Waals surface area contributed by atoms with Crippen LogP contribution in [0.2, 0.25) is 0 Å². The van der Waals surface area contributed by atoms with Crippen molar-refractivity contribution in [3.63, 3.8) is 0 Å². The summed E-state index contributed by atoms with van der Waals surface area (Å²) in [6.07, 6.45) is 1.70. The number of allylic oxidation sites excluding steroid dienone is 1. The second kappa shape index (κ2) is 5.14. The number of nitrogens with zero attached hydrogens (tertiary/aromatic N) is 1. The highest BCUT2D eigenvalue weighted by Gasteiger charge is 2.09. The predicted octanol–water partition coefficient (Wildman–Crippen LogP) is 0.854.